The van der Waals surface area contributed by atoms with Crippen molar-refractivity contribution in [3.05, 3.63) is 11.9 Å². The van der Waals surface area contributed by atoms with Crippen LogP contribution in [0, 0.1) is 12.3 Å². The third-order valence-electron chi connectivity index (χ3n) is 1.39. The van der Waals surface area contributed by atoms with Crippen molar-refractivity contribution in [3.8, 4) is 18.2 Å². The number of terminal acetylenes is 1. The quantitative estimate of drug-likeness (QED) is 0.688. The van der Waals surface area contributed by atoms with Crippen LogP contribution in [0.2, 0.25) is 0 Å². The molecule has 0 radical (unpaired) electrons. The first kappa shape index (κ1) is 9.33. The summed E-state index contributed by atoms with van der Waals surface area (Å²) in [7, 11) is 0. The Morgan fingerprint density at radius 3 is 3.00 bits per heavy atom. The smallest absolute Gasteiger partial charge is 0.219 e. The first-order valence-electron chi connectivity index (χ1n) is 3.96. The molecule has 0 aliphatic heterocycles. The first-order valence-corrected chi connectivity index (χ1v) is 3.96. The summed E-state index contributed by atoms with van der Waals surface area (Å²) in [4.78, 5) is 8.08. The fourth-order valence-corrected chi connectivity index (χ4v) is 0.840. The highest BCUT2D eigenvalue weighted by Crippen LogP contribution is 2.10. The molecule has 1 rings (SSSR count). The average Bonchev–Trinajstić information content (AvgIpc) is 2.14. The Morgan fingerprint density at radius 2 is 2.38 bits per heavy atom. The van der Waals surface area contributed by atoms with Gasteiger partial charge in [0.25, 0.3) is 0 Å². The largest absolute Gasteiger partial charge is 0.464 e. The first-order chi connectivity index (χ1) is 6.26. The van der Waals surface area contributed by atoms with Gasteiger partial charge in [0, 0.05) is 12.5 Å². The minimum Gasteiger partial charge on any atom is -0.464 e. The lowest BCUT2D eigenvalue weighted by molar-refractivity contribution is 0.353. The molecule has 0 atom stereocenters. The van der Waals surface area contributed by atoms with E-state index in [4.69, 9.17) is 16.9 Å². The highest BCUT2D eigenvalue weighted by Gasteiger charge is 2.00. The zero-order valence-electron chi connectivity index (χ0n) is 7.45. The van der Waals surface area contributed by atoms with E-state index in [0.29, 0.717) is 17.5 Å². The van der Waals surface area contributed by atoms with E-state index >= 15 is 0 Å². The zero-order chi connectivity index (χ0) is 9.68. The predicted octanol–water partition coefficient (Wildman–Crippen LogP) is 0.633. The molecule has 0 aliphatic carbocycles. The number of nitrogen functional groups attached to an aromatic ring is 1. The van der Waals surface area contributed by atoms with Crippen LogP contribution in [0.25, 0.3) is 0 Å². The molecule has 1 aromatic heterocycles. The standard InChI is InChI=1S/C9H11N3O/c1-3-5-13-9-6-7(10)11-8(4-2)12-9/h1,6H,4-5H2,2H3,(H2,10,11,12). The van der Waals surface area contributed by atoms with Crippen LogP contribution in [0.4, 0.5) is 5.82 Å². The molecular weight excluding hydrogens is 166 g/mol. The van der Waals surface area contributed by atoms with Gasteiger partial charge < -0.3 is 10.5 Å². The number of aryl methyl sites for hydroxylation is 1. The molecule has 0 spiro atoms. The Bertz CT molecular complexity index is 330. The molecule has 1 aromatic rings. The monoisotopic (exact) mass is 177 g/mol. The van der Waals surface area contributed by atoms with E-state index in [1.165, 1.54) is 0 Å². The van der Waals surface area contributed by atoms with Crippen molar-refractivity contribution in [2.24, 2.45) is 0 Å². The lowest BCUT2D eigenvalue weighted by Gasteiger charge is -2.03. The van der Waals surface area contributed by atoms with Crippen molar-refractivity contribution < 1.29 is 4.74 Å². The molecule has 0 fully saturated rings. The molecular formula is C9H11N3O. The number of rotatable bonds is 3. The topological polar surface area (TPSA) is 61.0 Å². The second-order valence-corrected chi connectivity index (χ2v) is 2.39. The van der Waals surface area contributed by atoms with Crippen LogP contribution in [0.15, 0.2) is 6.07 Å². The van der Waals surface area contributed by atoms with Gasteiger partial charge in [-0.3, -0.25) is 0 Å². The molecule has 0 amide bonds. The van der Waals surface area contributed by atoms with Crippen molar-refractivity contribution in [1.29, 1.82) is 0 Å². The van der Waals surface area contributed by atoms with Crippen LogP contribution in [-0.2, 0) is 6.42 Å². The van der Waals surface area contributed by atoms with Gasteiger partial charge in [-0.1, -0.05) is 12.8 Å². The molecule has 0 bridgehead atoms. The van der Waals surface area contributed by atoms with E-state index in [9.17, 15) is 0 Å². The molecule has 1 heterocycles. The molecule has 4 heteroatoms. The van der Waals surface area contributed by atoms with Crippen LogP contribution in [-0.4, -0.2) is 16.6 Å². The van der Waals surface area contributed by atoms with Crippen molar-refractivity contribution in [1.82, 2.24) is 9.97 Å². The van der Waals surface area contributed by atoms with E-state index in [0.717, 1.165) is 6.42 Å². The van der Waals surface area contributed by atoms with Crippen molar-refractivity contribution in [3.63, 3.8) is 0 Å². The van der Waals surface area contributed by atoms with Crippen molar-refractivity contribution in [2.75, 3.05) is 12.3 Å². The number of anilines is 1. The summed E-state index contributed by atoms with van der Waals surface area (Å²) >= 11 is 0. The molecule has 13 heavy (non-hydrogen) atoms. The summed E-state index contributed by atoms with van der Waals surface area (Å²) in [6.07, 6.45) is 5.76. The summed E-state index contributed by atoms with van der Waals surface area (Å²) in [6, 6.07) is 1.55. The van der Waals surface area contributed by atoms with Gasteiger partial charge in [0.2, 0.25) is 5.88 Å². The molecule has 0 unspecified atom stereocenters. The highest BCUT2D eigenvalue weighted by atomic mass is 16.5. The normalized spacial score (nSPS) is 9.23. The maximum absolute atomic E-state index is 5.52. The van der Waals surface area contributed by atoms with Crippen LogP contribution in [0.5, 0.6) is 5.88 Å². The third-order valence-corrected chi connectivity index (χ3v) is 1.39. The number of nitrogens with two attached hydrogens (primary N) is 1. The maximum atomic E-state index is 5.52. The Morgan fingerprint density at radius 1 is 1.62 bits per heavy atom. The van der Waals surface area contributed by atoms with Gasteiger partial charge in [-0.25, -0.2) is 4.98 Å². The second kappa shape index (κ2) is 4.31. The maximum Gasteiger partial charge on any atom is 0.219 e. The second-order valence-electron chi connectivity index (χ2n) is 2.39. The molecule has 0 saturated heterocycles. The number of hydrogen-bond donors (Lipinski definition) is 1. The molecule has 68 valence electrons. The fourth-order valence-electron chi connectivity index (χ4n) is 0.840. The van der Waals surface area contributed by atoms with Crippen molar-refractivity contribution in [2.45, 2.75) is 13.3 Å². The van der Waals surface area contributed by atoms with Crippen molar-refractivity contribution >= 4 is 5.82 Å². The molecule has 0 aliphatic rings. The Kier molecular flexibility index (Phi) is 3.09. The molecule has 4 nitrogen and oxygen atoms in total. The Balaban J connectivity index is 2.83. The number of aromatic nitrogens is 2. The van der Waals surface area contributed by atoms with Gasteiger partial charge >= 0.3 is 0 Å². The highest BCUT2D eigenvalue weighted by molar-refractivity contribution is 5.32. The van der Waals surface area contributed by atoms with Crippen LogP contribution >= 0.6 is 0 Å². The van der Waals surface area contributed by atoms with E-state index in [2.05, 4.69) is 15.9 Å². The van der Waals surface area contributed by atoms with Crippen LogP contribution in [0.3, 0.4) is 0 Å². The molecule has 0 saturated carbocycles. The van der Waals surface area contributed by atoms with E-state index < -0.39 is 0 Å². The lowest BCUT2D eigenvalue weighted by Crippen LogP contribution is -2.03. The van der Waals surface area contributed by atoms with E-state index in [-0.39, 0.29) is 6.61 Å². The Labute approximate surface area is 77.1 Å². The van der Waals surface area contributed by atoms with Gasteiger partial charge in [-0.05, 0) is 0 Å². The minimum atomic E-state index is 0.194. The van der Waals surface area contributed by atoms with E-state index in [1.807, 2.05) is 6.92 Å². The zero-order valence-corrected chi connectivity index (χ0v) is 7.45. The summed E-state index contributed by atoms with van der Waals surface area (Å²) < 4.78 is 5.11. The minimum absolute atomic E-state index is 0.194. The molecule has 0 aromatic carbocycles. The number of ether oxygens (including phenoxy) is 1. The lowest BCUT2D eigenvalue weighted by atomic mass is 10.4. The van der Waals surface area contributed by atoms with Gasteiger partial charge in [0.05, 0.1) is 0 Å². The summed E-state index contributed by atoms with van der Waals surface area (Å²) in [5.74, 6) is 3.84. The summed E-state index contributed by atoms with van der Waals surface area (Å²) in [5.41, 5.74) is 5.52. The third kappa shape index (κ3) is 2.64. The van der Waals surface area contributed by atoms with Crippen LogP contribution in [0.1, 0.15) is 12.7 Å². The summed E-state index contributed by atoms with van der Waals surface area (Å²) in [5, 5.41) is 0. The van der Waals surface area contributed by atoms with Gasteiger partial charge in [0.15, 0.2) is 6.61 Å². The number of nitrogens with zero attached hydrogens (tertiary/aromatic N) is 2. The SMILES string of the molecule is C#CCOc1cc(N)nc(CC)n1. The average molecular weight is 177 g/mol. The van der Waals surface area contributed by atoms with Gasteiger partial charge in [0.1, 0.15) is 11.6 Å². The molecule has 2 N–H and O–H groups in total. The predicted molar refractivity (Wildman–Crippen MR) is 50.2 cm³/mol. The van der Waals surface area contributed by atoms with Crippen LogP contribution < -0.4 is 10.5 Å². The van der Waals surface area contributed by atoms with Gasteiger partial charge in [-0.15, -0.1) is 6.42 Å². The fraction of sp³-hybridized carbons (Fsp3) is 0.333. The summed E-state index contributed by atoms with van der Waals surface area (Å²) in [6.45, 7) is 2.14. The van der Waals surface area contributed by atoms with E-state index in [1.54, 1.807) is 6.07 Å². The number of hydrogen-bond acceptors (Lipinski definition) is 4. The Hall–Kier alpha value is -1.76. The van der Waals surface area contributed by atoms with Gasteiger partial charge in [-0.2, -0.15) is 4.98 Å².